The maximum atomic E-state index is 11.0. The summed E-state index contributed by atoms with van der Waals surface area (Å²) in [7, 11) is 0. The van der Waals surface area contributed by atoms with E-state index >= 15 is 0 Å². The maximum Gasteiger partial charge on any atom is 0.335 e. The van der Waals surface area contributed by atoms with E-state index in [9.17, 15) is 4.79 Å². The minimum Gasteiger partial charge on any atom is -0.478 e. The van der Waals surface area contributed by atoms with Gasteiger partial charge in [-0.25, -0.2) is 9.78 Å². The highest BCUT2D eigenvalue weighted by Gasteiger charge is 2.10. The summed E-state index contributed by atoms with van der Waals surface area (Å²) in [6.07, 6.45) is 6.53. The van der Waals surface area contributed by atoms with Gasteiger partial charge in [-0.15, -0.1) is 0 Å². The number of aryl methyl sites for hydroxylation is 1. The van der Waals surface area contributed by atoms with Crippen LogP contribution in [0, 0.1) is 6.92 Å². The predicted octanol–water partition coefficient (Wildman–Crippen LogP) is 5.31. The van der Waals surface area contributed by atoms with Gasteiger partial charge in [-0.1, -0.05) is 47.5 Å². The Morgan fingerprint density at radius 3 is 2.68 bits per heavy atom. The van der Waals surface area contributed by atoms with Gasteiger partial charge in [0.05, 0.1) is 16.3 Å². The molecule has 0 saturated carbocycles. The average Bonchev–Trinajstić information content (AvgIpc) is 2.88. The van der Waals surface area contributed by atoms with Crippen molar-refractivity contribution in [2.24, 2.45) is 0 Å². The molecule has 0 radical (unpaired) electrons. The van der Waals surface area contributed by atoms with E-state index in [0.717, 1.165) is 22.7 Å². The standard InChI is InChI=1S/C19H18Cl2N2O2/c1-4-14(19(24)25)6-5-12(2)10-23-11-18(22-13(23)3)16-8-7-15(20)9-17(16)21/h4-9,11H,1,10H2,2-3H3,(H,24,25)/b12-5+,14-6+. The summed E-state index contributed by atoms with van der Waals surface area (Å²) in [6.45, 7) is 7.91. The van der Waals surface area contributed by atoms with E-state index < -0.39 is 5.97 Å². The molecule has 0 atom stereocenters. The lowest BCUT2D eigenvalue weighted by atomic mass is 10.2. The summed E-state index contributed by atoms with van der Waals surface area (Å²) in [5.41, 5.74) is 2.71. The number of imidazole rings is 1. The fourth-order valence-corrected chi connectivity index (χ4v) is 2.78. The fraction of sp³-hybridized carbons (Fsp3) is 0.158. The number of carbonyl (C=O) groups is 1. The van der Waals surface area contributed by atoms with Crippen LogP contribution in [-0.4, -0.2) is 20.6 Å². The van der Waals surface area contributed by atoms with Gasteiger partial charge in [-0.2, -0.15) is 0 Å². The van der Waals surface area contributed by atoms with Crippen molar-refractivity contribution in [3.63, 3.8) is 0 Å². The number of aliphatic carboxylic acids is 1. The third kappa shape index (κ3) is 4.84. The van der Waals surface area contributed by atoms with Gasteiger partial charge in [0.1, 0.15) is 5.82 Å². The zero-order chi connectivity index (χ0) is 18.6. The van der Waals surface area contributed by atoms with Crippen LogP contribution >= 0.6 is 23.2 Å². The monoisotopic (exact) mass is 376 g/mol. The largest absolute Gasteiger partial charge is 0.478 e. The Morgan fingerprint density at radius 1 is 1.36 bits per heavy atom. The molecule has 2 rings (SSSR count). The first-order chi connectivity index (χ1) is 11.8. The minimum atomic E-state index is -1.00. The second-order valence-corrected chi connectivity index (χ2v) is 6.41. The van der Waals surface area contributed by atoms with Gasteiger partial charge >= 0.3 is 5.97 Å². The van der Waals surface area contributed by atoms with E-state index in [1.807, 2.05) is 30.7 Å². The zero-order valence-corrected chi connectivity index (χ0v) is 15.5. The number of hydrogen-bond acceptors (Lipinski definition) is 2. The van der Waals surface area contributed by atoms with E-state index in [4.69, 9.17) is 28.3 Å². The molecule has 0 unspecified atom stereocenters. The molecule has 0 aliphatic carbocycles. The average molecular weight is 377 g/mol. The molecule has 0 saturated heterocycles. The predicted molar refractivity (Wildman–Crippen MR) is 102 cm³/mol. The number of allylic oxidation sites excluding steroid dienone is 3. The number of aromatic nitrogens is 2. The highest BCUT2D eigenvalue weighted by atomic mass is 35.5. The van der Waals surface area contributed by atoms with Gasteiger partial charge in [-0.05, 0) is 38.1 Å². The summed E-state index contributed by atoms with van der Waals surface area (Å²) in [5, 5.41) is 10.1. The maximum absolute atomic E-state index is 11.0. The minimum absolute atomic E-state index is 0.148. The van der Waals surface area contributed by atoms with Crippen molar-refractivity contribution in [1.29, 1.82) is 0 Å². The van der Waals surface area contributed by atoms with Crippen molar-refractivity contribution < 1.29 is 9.90 Å². The molecular weight excluding hydrogens is 359 g/mol. The van der Waals surface area contributed by atoms with Crippen LogP contribution in [0.4, 0.5) is 0 Å². The molecule has 0 amide bonds. The van der Waals surface area contributed by atoms with Crippen LogP contribution in [0.25, 0.3) is 11.3 Å². The molecule has 6 heteroatoms. The van der Waals surface area contributed by atoms with Gasteiger partial charge in [-0.3, -0.25) is 0 Å². The second kappa shape index (κ2) is 8.19. The summed E-state index contributed by atoms with van der Waals surface area (Å²) >= 11 is 12.2. The van der Waals surface area contributed by atoms with E-state index in [2.05, 4.69) is 11.6 Å². The Morgan fingerprint density at radius 2 is 2.08 bits per heavy atom. The number of nitrogens with zero attached hydrogens (tertiary/aromatic N) is 2. The molecule has 0 fully saturated rings. The molecular formula is C19H18Cl2N2O2. The second-order valence-electron chi connectivity index (χ2n) is 5.57. The molecule has 1 aromatic carbocycles. The Kier molecular flexibility index (Phi) is 6.23. The number of halogens is 2. The van der Waals surface area contributed by atoms with Crippen LogP contribution in [0.3, 0.4) is 0 Å². The van der Waals surface area contributed by atoms with E-state index in [0.29, 0.717) is 16.6 Å². The molecule has 0 aliphatic rings. The fourth-order valence-electron chi connectivity index (χ4n) is 2.28. The molecule has 1 heterocycles. The number of hydrogen-bond donors (Lipinski definition) is 1. The molecule has 25 heavy (non-hydrogen) atoms. The Labute approximate surface area is 156 Å². The summed E-state index contributed by atoms with van der Waals surface area (Å²) in [5.74, 6) is -0.169. The lowest BCUT2D eigenvalue weighted by Gasteiger charge is -2.04. The Balaban J connectivity index is 2.26. The van der Waals surface area contributed by atoms with Crippen molar-refractivity contribution in [1.82, 2.24) is 9.55 Å². The lowest BCUT2D eigenvalue weighted by molar-refractivity contribution is -0.132. The normalized spacial score (nSPS) is 12.3. The number of rotatable bonds is 6. The van der Waals surface area contributed by atoms with E-state index in [1.165, 1.54) is 12.2 Å². The van der Waals surface area contributed by atoms with Crippen molar-refractivity contribution >= 4 is 29.2 Å². The highest BCUT2D eigenvalue weighted by molar-refractivity contribution is 6.36. The summed E-state index contributed by atoms with van der Waals surface area (Å²) < 4.78 is 1.98. The molecule has 1 aromatic heterocycles. The van der Waals surface area contributed by atoms with Gasteiger partial charge in [0.15, 0.2) is 0 Å². The third-order valence-corrected chi connectivity index (χ3v) is 4.16. The molecule has 2 aromatic rings. The smallest absolute Gasteiger partial charge is 0.335 e. The van der Waals surface area contributed by atoms with Crippen molar-refractivity contribution in [2.45, 2.75) is 20.4 Å². The first-order valence-corrected chi connectivity index (χ1v) is 8.29. The van der Waals surface area contributed by atoms with Gasteiger partial charge in [0.2, 0.25) is 0 Å². The number of carboxylic acid groups (broad SMARTS) is 1. The molecule has 4 nitrogen and oxygen atoms in total. The number of carboxylic acids is 1. The van der Waals surface area contributed by atoms with Crippen LogP contribution in [0.5, 0.6) is 0 Å². The topological polar surface area (TPSA) is 55.1 Å². The molecule has 0 aliphatic heterocycles. The lowest BCUT2D eigenvalue weighted by Crippen LogP contribution is -2.00. The SMILES string of the molecule is C=C/C(=C\C=C(/C)Cn1cc(-c2ccc(Cl)cc2Cl)nc1C)C(=O)O. The quantitative estimate of drug-likeness (QED) is 0.548. The molecule has 130 valence electrons. The van der Waals surface area contributed by atoms with Crippen LogP contribution < -0.4 is 0 Å². The van der Waals surface area contributed by atoms with Crippen molar-refractivity contribution in [3.05, 3.63) is 76.2 Å². The van der Waals surface area contributed by atoms with E-state index in [1.54, 1.807) is 18.2 Å². The highest BCUT2D eigenvalue weighted by Crippen LogP contribution is 2.29. The van der Waals surface area contributed by atoms with Crippen molar-refractivity contribution in [2.75, 3.05) is 0 Å². The first kappa shape index (κ1) is 19.0. The Bertz CT molecular complexity index is 880. The van der Waals surface area contributed by atoms with Gasteiger partial charge in [0.25, 0.3) is 0 Å². The Hall–Kier alpha value is -2.30. The van der Waals surface area contributed by atoms with Gasteiger partial charge < -0.3 is 9.67 Å². The van der Waals surface area contributed by atoms with Crippen LogP contribution in [-0.2, 0) is 11.3 Å². The number of benzene rings is 1. The van der Waals surface area contributed by atoms with E-state index in [-0.39, 0.29) is 5.57 Å². The first-order valence-electron chi connectivity index (χ1n) is 7.54. The van der Waals surface area contributed by atoms with Crippen LogP contribution in [0.1, 0.15) is 12.7 Å². The van der Waals surface area contributed by atoms with Crippen molar-refractivity contribution in [3.8, 4) is 11.3 Å². The van der Waals surface area contributed by atoms with Crippen LogP contribution in [0.15, 0.2) is 60.3 Å². The third-order valence-electron chi connectivity index (χ3n) is 3.62. The molecule has 0 bridgehead atoms. The van der Waals surface area contributed by atoms with Crippen LogP contribution in [0.2, 0.25) is 10.0 Å². The molecule has 1 N–H and O–H groups in total. The summed E-state index contributed by atoms with van der Waals surface area (Å²) in [6, 6.07) is 5.30. The summed E-state index contributed by atoms with van der Waals surface area (Å²) in [4.78, 5) is 15.5. The molecule has 0 spiro atoms. The van der Waals surface area contributed by atoms with Gasteiger partial charge in [0, 0.05) is 23.3 Å². The zero-order valence-electron chi connectivity index (χ0n) is 14.0.